The number of amides is 1. The second-order valence-corrected chi connectivity index (χ2v) is 5.82. The van der Waals surface area contributed by atoms with Gasteiger partial charge in [0.25, 0.3) is 5.91 Å². The molecule has 0 saturated heterocycles. The summed E-state index contributed by atoms with van der Waals surface area (Å²) in [6.45, 7) is -2.96. The van der Waals surface area contributed by atoms with Crippen molar-refractivity contribution in [3.63, 3.8) is 0 Å². The number of hydrogen-bond donors (Lipinski definition) is 1. The molecule has 0 aliphatic heterocycles. The van der Waals surface area contributed by atoms with Crippen molar-refractivity contribution in [3.05, 3.63) is 70.7 Å². The van der Waals surface area contributed by atoms with Gasteiger partial charge in [0.2, 0.25) is 0 Å². The number of nitrogens with one attached hydrogen (secondary N) is 1. The van der Waals surface area contributed by atoms with Crippen molar-refractivity contribution in [2.75, 3.05) is 5.32 Å². The first-order valence-electron chi connectivity index (χ1n) is 7.08. The standard InChI is InChI=1S/C18H12BrF2NO2/c19-14-8-4-5-11-12(14)6-3-7-13(11)17(23)22-15-9-1-2-10-16(15)24-18(20)21/h1-10,18H,(H,22,23). The Labute approximate surface area is 145 Å². The summed E-state index contributed by atoms with van der Waals surface area (Å²) < 4.78 is 30.3. The van der Waals surface area contributed by atoms with Gasteiger partial charge in [0, 0.05) is 10.0 Å². The third-order valence-electron chi connectivity index (χ3n) is 3.46. The van der Waals surface area contributed by atoms with Crippen LogP contribution in [-0.2, 0) is 0 Å². The summed E-state index contributed by atoms with van der Waals surface area (Å²) in [4.78, 5) is 12.6. The summed E-state index contributed by atoms with van der Waals surface area (Å²) in [5.74, 6) is -0.480. The number of fused-ring (bicyclic) bond motifs is 1. The number of ether oxygens (including phenoxy) is 1. The van der Waals surface area contributed by atoms with E-state index in [4.69, 9.17) is 0 Å². The molecule has 0 unspecified atom stereocenters. The molecule has 3 rings (SSSR count). The van der Waals surface area contributed by atoms with Crippen molar-refractivity contribution in [2.24, 2.45) is 0 Å². The molecule has 0 bridgehead atoms. The second kappa shape index (κ2) is 6.97. The number of benzene rings is 3. The van der Waals surface area contributed by atoms with E-state index in [9.17, 15) is 13.6 Å². The van der Waals surface area contributed by atoms with E-state index >= 15 is 0 Å². The van der Waals surface area contributed by atoms with Gasteiger partial charge in [-0.1, -0.05) is 52.3 Å². The zero-order valence-electron chi connectivity index (χ0n) is 12.3. The molecule has 0 aromatic heterocycles. The van der Waals surface area contributed by atoms with Crippen molar-refractivity contribution in [2.45, 2.75) is 6.61 Å². The van der Waals surface area contributed by atoms with Crippen molar-refractivity contribution in [3.8, 4) is 5.75 Å². The lowest BCUT2D eigenvalue weighted by Crippen LogP contribution is -2.14. The molecule has 3 nitrogen and oxygen atoms in total. The summed E-state index contributed by atoms with van der Waals surface area (Å²) in [5, 5.41) is 4.28. The van der Waals surface area contributed by atoms with Crippen LogP contribution in [0.5, 0.6) is 5.75 Å². The Morgan fingerprint density at radius 2 is 1.67 bits per heavy atom. The molecule has 122 valence electrons. The fraction of sp³-hybridized carbons (Fsp3) is 0.0556. The lowest BCUT2D eigenvalue weighted by atomic mass is 10.0. The average molecular weight is 392 g/mol. The molecule has 3 aromatic carbocycles. The third kappa shape index (κ3) is 3.38. The van der Waals surface area contributed by atoms with E-state index in [1.807, 2.05) is 24.3 Å². The zero-order valence-corrected chi connectivity index (χ0v) is 13.9. The van der Waals surface area contributed by atoms with Gasteiger partial charge in [-0.3, -0.25) is 4.79 Å². The van der Waals surface area contributed by atoms with Crippen molar-refractivity contribution in [1.29, 1.82) is 0 Å². The summed E-state index contributed by atoms with van der Waals surface area (Å²) >= 11 is 3.45. The largest absolute Gasteiger partial charge is 0.433 e. The smallest absolute Gasteiger partial charge is 0.387 e. The predicted molar refractivity (Wildman–Crippen MR) is 92.7 cm³/mol. The van der Waals surface area contributed by atoms with Crippen molar-refractivity contribution < 1.29 is 18.3 Å². The summed E-state index contributed by atoms with van der Waals surface area (Å²) in [7, 11) is 0. The van der Waals surface area contributed by atoms with Crippen LogP contribution in [0, 0.1) is 0 Å². The minimum absolute atomic E-state index is 0.0812. The van der Waals surface area contributed by atoms with E-state index < -0.39 is 12.5 Å². The highest BCUT2D eigenvalue weighted by molar-refractivity contribution is 9.10. The highest BCUT2D eigenvalue weighted by Crippen LogP contribution is 2.29. The Kier molecular flexibility index (Phi) is 4.76. The number of anilines is 1. The molecule has 0 heterocycles. The van der Waals surface area contributed by atoms with Gasteiger partial charge in [-0.2, -0.15) is 8.78 Å². The van der Waals surface area contributed by atoms with E-state index in [2.05, 4.69) is 26.0 Å². The Morgan fingerprint density at radius 1 is 0.958 bits per heavy atom. The number of alkyl halides is 2. The molecule has 6 heteroatoms. The molecule has 1 amide bonds. The Hall–Kier alpha value is -2.47. The van der Waals surface area contributed by atoms with Crippen LogP contribution < -0.4 is 10.1 Å². The lowest BCUT2D eigenvalue weighted by Gasteiger charge is -2.13. The van der Waals surface area contributed by atoms with E-state index in [1.54, 1.807) is 24.3 Å². The van der Waals surface area contributed by atoms with Gasteiger partial charge in [-0.05, 0) is 35.0 Å². The maximum Gasteiger partial charge on any atom is 0.387 e. The van der Waals surface area contributed by atoms with E-state index in [0.29, 0.717) is 5.56 Å². The Bertz CT molecular complexity index is 899. The summed E-state index contributed by atoms with van der Waals surface area (Å²) in [5.41, 5.74) is 0.635. The van der Waals surface area contributed by atoms with Gasteiger partial charge in [0.1, 0.15) is 5.75 Å². The van der Waals surface area contributed by atoms with Crippen LogP contribution >= 0.6 is 15.9 Å². The normalized spacial score (nSPS) is 10.8. The summed E-state index contributed by atoms with van der Waals surface area (Å²) in [6, 6.07) is 17.0. The monoisotopic (exact) mass is 391 g/mol. The van der Waals surface area contributed by atoms with Crippen LogP contribution in [0.1, 0.15) is 10.4 Å². The molecular formula is C18H12BrF2NO2. The van der Waals surface area contributed by atoms with Gasteiger partial charge in [-0.25, -0.2) is 0 Å². The maximum atomic E-state index is 12.6. The van der Waals surface area contributed by atoms with Gasteiger partial charge < -0.3 is 10.1 Å². The zero-order chi connectivity index (χ0) is 17.1. The van der Waals surface area contributed by atoms with Gasteiger partial charge in [0.15, 0.2) is 0 Å². The topological polar surface area (TPSA) is 38.3 Å². The van der Waals surface area contributed by atoms with E-state index in [1.165, 1.54) is 12.1 Å². The lowest BCUT2D eigenvalue weighted by molar-refractivity contribution is -0.0493. The first kappa shape index (κ1) is 16.4. The number of rotatable bonds is 4. The van der Waals surface area contributed by atoms with Crippen LogP contribution in [0.15, 0.2) is 65.1 Å². The number of halogens is 3. The number of carbonyl (C=O) groups is 1. The molecule has 0 saturated carbocycles. The highest BCUT2D eigenvalue weighted by atomic mass is 79.9. The molecule has 0 aliphatic carbocycles. The first-order valence-corrected chi connectivity index (χ1v) is 7.88. The molecule has 0 radical (unpaired) electrons. The minimum Gasteiger partial charge on any atom is -0.433 e. The number of para-hydroxylation sites is 2. The Morgan fingerprint density at radius 3 is 2.46 bits per heavy atom. The van der Waals surface area contributed by atoms with Gasteiger partial charge >= 0.3 is 6.61 Å². The van der Waals surface area contributed by atoms with Crippen molar-refractivity contribution >= 4 is 38.3 Å². The van der Waals surface area contributed by atoms with Crippen molar-refractivity contribution in [1.82, 2.24) is 0 Å². The van der Waals surface area contributed by atoms with Crippen LogP contribution in [0.4, 0.5) is 14.5 Å². The van der Waals surface area contributed by atoms with Crippen LogP contribution in [0.25, 0.3) is 10.8 Å². The van der Waals surface area contributed by atoms with Crippen LogP contribution in [0.3, 0.4) is 0 Å². The van der Waals surface area contributed by atoms with Crippen LogP contribution in [0.2, 0.25) is 0 Å². The SMILES string of the molecule is O=C(Nc1ccccc1OC(F)F)c1cccc2c(Br)cccc12. The number of hydrogen-bond acceptors (Lipinski definition) is 2. The van der Waals surface area contributed by atoms with E-state index in [0.717, 1.165) is 15.2 Å². The molecular weight excluding hydrogens is 380 g/mol. The molecule has 0 atom stereocenters. The molecule has 1 N–H and O–H groups in total. The molecule has 0 aliphatic rings. The third-order valence-corrected chi connectivity index (χ3v) is 4.16. The Balaban J connectivity index is 1.96. The minimum atomic E-state index is -2.96. The highest BCUT2D eigenvalue weighted by Gasteiger charge is 2.15. The molecule has 3 aromatic rings. The predicted octanol–water partition coefficient (Wildman–Crippen LogP) is 5.46. The molecule has 0 spiro atoms. The van der Waals surface area contributed by atoms with Crippen LogP contribution in [-0.4, -0.2) is 12.5 Å². The average Bonchev–Trinajstić information content (AvgIpc) is 2.56. The fourth-order valence-electron chi connectivity index (χ4n) is 2.43. The first-order chi connectivity index (χ1) is 11.6. The second-order valence-electron chi connectivity index (χ2n) is 4.97. The molecule has 0 fully saturated rings. The quantitative estimate of drug-likeness (QED) is 0.641. The maximum absolute atomic E-state index is 12.6. The van der Waals surface area contributed by atoms with E-state index in [-0.39, 0.29) is 11.4 Å². The fourth-order valence-corrected chi connectivity index (χ4v) is 2.93. The summed E-state index contributed by atoms with van der Waals surface area (Å²) in [6.07, 6.45) is 0. The number of carbonyl (C=O) groups excluding carboxylic acids is 1. The van der Waals surface area contributed by atoms with Gasteiger partial charge in [-0.15, -0.1) is 0 Å². The van der Waals surface area contributed by atoms with Gasteiger partial charge in [0.05, 0.1) is 5.69 Å². The molecule has 24 heavy (non-hydrogen) atoms.